The smallest absolute Gasteiger partial charge is 0.282 e. The maximum absolute atomic E-state index is 11.5. The summed E-state index contributed by atoms with van der Waals surface area (Å²) in [7, 11) is -19.9. The van der Waals surface area contributed by atoms with Crippen LogP contribution in [0.1, 0.15) is 0 Å². The zero-order valence-corrected chi connectivity index (χ0v) is 17.0. The van der Waals surface area contributed by atoms with Crippen molar-refractivity contribution in [2.45, 2.75) is 14.7 Å². The highest BCUT2D eigenvalue weighted by molar-refractivity contribution is 7.87. The number of fused-ring (bicyclic) bond motifs is 1. The summed E-state index contributed by atoms with van der Waals surface area (Å²) >= 11 is 0. The van der Waals surface area contributed by atoms with Gasteiger partial charge < -0.3 is 0 Å². The summed E-state index contributed by atoms with van der Waals surface area (Å²) in [6, 6.07) is 1.69. The Hall–Kier alpha value is -2.30. The molecule has 0 fully saturated rings. The molecule has 2 aromatic rings. The van der Waals surface area contributed by atoms with Crippen LogP contribution in [-0.2, 0) is 40.8 Å². The fraction of sp³-hybridized carbons (Fsp3) is 0. The Morgan fingerprint density at radius 2 is 1.03 bits per heavy atom. The van der Waals surface area contributed by atoms with Crippen LogP contribution in [-0.4, -0.2) is 61.4 Å². The van der Waals surface area contributed by atoms with Crippen molar-refractivity contribution in [2.75, 3.05) is 0 Å². The average Bonchev–Trinajstić information content (AvgIpc) is 2.48. The Balaban J connectivity index is 0.000000804. The molecule has 0 atom stereocenters. The van der Waals surface area contributed by atoms with Crippen LogP contribution < -0.4 is 0 Å². The van der Waals surface area contributed by atoms with Crippen molar-refractivity contribution in [1.82, 2.24) is 0 Å². The molecule has 0 saturated carbocycles. The predicted octanol–water partition coefficient (Wildman–Crippen LogP) is -0.165. The van der Waals surface area contributed by atoms with E-state index in [1.54, 1.807) is 0 Å². The highest BCUT2D eigenvalue weighted by Gasteiger charge is 2.28. The molecule has 0 heterocycles. The van der Waals surface area contributed by atoms with Gasteiger partial charge in [0.25, 0.3) is 36.0 Å². The van der Waals surface area contributed by atoms with Gasteiger partial charge in [0, 0.05) is 6.07 Å². The molecule has 168 valence electrons. The van der Waals surface area contributed by atoms with E-state index in [1.165, 1.54) is 0 Å². The van der Waals surface area contributed by atoms with Crippen LogP contribution >= 0.6 is 0 Å². The number of hydrogen-bond acceptors (Lipinski definition) is 10. The first-order valence-electron chi connectivity index (χ1n) is 6.51. The number of hydrogen-bond donors (Lipinski definition) is 5. The third-order valence-electron chi connectivity index (χ3n) is 3.01. The summed E-state index contributed by atoms with van der Waals surface area (Å²) in [5, 5.41) is 9.68. The Labute approximate surface area is 167 Å². The molecule has 0 aliphatic rings. The lowest BCUT2D eigenvalue weighted by Crippen LogP contribution is -2.07. The molecule has 16 nitrogen and oxygen atoms in total. The Morgan fingerprint density at radius 1 is 0.667 bits per heavy atom. The van der Waals surface area contributed by atoms with Crippen LogP contribution in [0.25, 0.3) is 10.8 Å². The summed E-state index contributed by atoms with van der Waals surface area (Å²) in [6.07, 6.45) is 0. The topological polar surface area (TPSA) is 281 Å². The molecule has 0 radical (unpaired) electrons. The lowest BCUT2D eigenvalue weighted by Gasteiger charge is -2.09. The number of nitro benzene ring substituents is 1. The number of nitro groups is 1. The van der Waals surface area contributed by atoms with Crippen molar-refractivity contribution < 1.29 is 61.4 Å². The molecule has 0 aliphatic carbocycles. The van der Waals surface area contributed by atoms with Gasteiger partial charge in [-0.3, -0.25) is 32.9 Å². The van der Waals surface area contributed by atoms with E-state index in [2.05, 4.69) is 0 Å². The van der Waals surface area contributed by atoms with Gasteiger partial charge in [-0.2, -0.15) is 33.7 Å². The van der Waals surface area contributed by atoms with Crippen LogP contribution in [0.15, 0.2) is 39.0 Å². The maximum Gasteiger partial charge on any atom is 0.394 e. The standard InChI is InChI=1S/C10H7NO11S3.H2O4S/c12-11(13)8-3-6(23(14,15)16)1-5-2-7(24(17,18)19)4-9(10(5)8)25(20,21)22;1-5(2,3)4/h1-4H,(H,14,15,16)(H,17,18,19)(H,20,21,22);(H2,1,2,3,4). The molecule has 0 aliphatic heterocycles. The van der Waals surface area contributed by atoms with Gasteiger partial charge in [0.1, 0.15) is 9.79 Å². The molecule has 0 aromatic heterocycles. The highest BCUT2D eigenvalue weighted by atomic mass is 32.3. The second kappa shape index (κ2) is 8.09. The van der Waals surface area contributed by atoms with Crippen LogP contribution in [0, 0.1) is 10.1 Å². The fourth-order valence-corrected chi connectivity index (χ4v) is 3.96. The average molecular weight is 511 g/mol. The minimum atomic E-state index is -5.21. The molecule has 2 rings (SSSR count). The van der Waals surface area contributed by atoms with Gasteiger partial charge in [-0.25, -0.2) is 0 Å². The SMILES string of the molecule is O=S(=O)(O)O.O=[N+]([O-])c1cc(S(=O)(=O)O)cc2cc(S(=O)(=O)O)cc(S(=O)(=O)O)c12. The van der Waals surface area contributed by atoms with Crippen LogP contribution in [0.4, 0.5) is 5.69 Å². The summed E-state index contributed by atoms with van der Waals surface area (Å²) in [5.41, 5.74) is -1.14. The first-order chi connectivity index (χ1) is 13.1. The number of nitrogens with zero attached hydrogens (tertiary/aromatic N) is 1. The first kappa shape index (κ1) is 25.7. The van der Waals surface area contributed by atoms with Crippen molar-refractivity contribution >= 4 is 57.2 Å². The Bertz CT molecular complexity index is 1440. The largest absolute Gasteiger partial charge is 0.394 e. The molecule has 0 saturated heterocycles. The zero-order valence-electron chi connectivity index (χ0n) is 13.7. The number of non-ortho nitro benzene ring substituents is 1. The molecule has 0 bridgehead atoms. The van der Waals surface area contributed by atoms with E-state index in [4.69, 9.17) is 26.6 Å². The lowest BCUT2D eigenvalue weighted by molar-refractivity contribution is -0.383. The summed E-state index contributed by atoms with van der Waals surface area (Å²) in [5.74, 6) is 0. The molecular formula is C10H9NO15S4. The van der Waals surface area contributed by atoms with Gasteiger partial charge in [-0.15, -0.1) is 0 Å². The van der Waals surface area contributed by atoms with Crippen molar-refractivity contribution in [2.24, 2.45) is 0 Å². The molecule has 2 aromatic carbocycles. The second-order valence-electron chi connectivity index (χ2n) is 5.09. The minimum absolute atomic E-state index is 0.271. The second-order valence-corrected chi connectivity index (χ2v) is 10.2. The van der Waals surface area contributed by atoms with Crippen molar-refractivity contribution in [1.29, 1.82) is 0 Å². The number of rotatable bonds is 4. The van der Waals surface area contributed by atoms with Gasteiger partial charge in [-0.05, 0) is 23.6 Å². The third-order valence-corrected chi connectivity index (χ3v) is 5.55. The van der Waals surface area contributed by atoms with Gasteiger partial charge in [0.15, 0.2) is 0 Å². The van der Waals surface area contributed by atoms with Gasteiger partial charge >= 0.3 is 10.4 Å². The van der Waals surface area contributed by atoms with E-state index in [1.807, 2.05) is 0 Å². The van der Waals surface area contributed by atoms with E-state index in [-0.39, 0.29) is 6.07 Å². The molecule has 0 unspecified atom stereocenters. The normalized spacial score (nSPS) is 12.8. The van der Waals surface area contributed by atoms with Crippen LogP contribution in [0.5, 0.6) is 0 Å². The summed E-state index contributed by atoms with van der Waals surface area (Å²) in [6.45, 7) is 0. The molecular weight excluding hydrogens is 502 g/mol. The van der Waals surface area contributed by atoms with E-state index < -0.39 is 76.8 Å². The van der Waals surface area contributed by atoms with Gasteiger partial charge in [0.05, 0.1) is 15.2 Å². The molecule has 5 N–H and O–H groups in total. The molecule has 0 spiro atoms. The molecule has 30 heavy (non-hydrogen) atoms. The van der Waals surface area contributed by atoms with E-state index in [9.17, 15) is 39.9 Å². The van der Waals surface area contributed by atoms with Gasteiger partial charge in [-0.1, -0.05) is 0 Å². The van der Waals surface area contributed by atoms with E-state index >= 15 is 0 Å². The molecule has 0 amide bonds. The van der Waals surface area contributed by atoms with Crippen LogP contribution in [0.2, 0.25) is 0 Å². The van der Waals surface area contributed by atoms with Crippen molar-refractivity contribution in [3.8, 4) is 0 Å². The Kier molecular flexibility index (Phi) is 6.94. The fourth-order valence-electron chi connectivity index (χ4n) is 2.05. The number of benzene rings is 2. The monoisotopic (exact) mass is 511 g/mol. The highest BCUT2D eigenvalue weighted by Crippen LogP contribution is 2.36. The van der Waals surface area contributed by atoms with E-state index in [0.717, 1.165) is 0 Å². The summed E-state index contributed by atoms with van der Waals surface area (Å²) in [4.78, 5) is 6.60. The predicted molar refractivity (Wildman–Crippen MR) is 94.2 cm³/mol. The minimum Gasteiger partial charge on any atom is -0.282 e. The third kappa shape index (κ3) is 6.89. The zero-order chi connectivity index (χ0) is 23.9. The van der Waals surface area contributed by atoms with Crippen LogP contribution in [0.3, 0.4) is 0 Å². The quantitative estimate of drug-likeness (QED) is 0.202. The van der Waals surface area contributed by atoms with Crippen molar-refractivity contribution in [3.05, 3.63) is 34.4 Å². The van der Waals surface area contributed by atoms with Gasteiger partial charge in [0.2, 0.25) is 0 Å². The van der Waals surface area contributed by atoms with Crippen molar-refractivity contribution in [3.63, 3.8) is 0 Å². The Morgan fingerprint density at radius 3 is 1.33 bits per heavy atom. The molecule has 20 heteroatoms. The first-order valence-corrected chi connectivity index (χ1v) is 12.2. The lowest BCUT2D eigenvalue weighted by atomic mass is 10.1. The van der Waals surface area contributed by atoms with E-state index in [0.29, 0.717) is 18.2 Å². The maximum atomic E-state index is 11.5. The summed E-state index contributed by atoms with van der Waals surface area (Å²) < 4.78 is 127.